The van der Waals surface area contributed by atoms with Crippen LogP contribution in [0.4, 0.5) is 5.00 Å². The Morgan fingerprint density at radius 3 is 2.81 bits per heavy atom. The molecule has 0 aliphatic carbocycles. The number of nitro groups is 1. The van der Waals surface area contributed by atoms with Crippen LogP contribution < -0.4 is 0 Å². The van der Waals surface area contributed by atoms with E-state index >= 15 is 0 Å². The molecule has 16 heavy (non-hydrogen) atoms. The van der Waals surface area contributed by atoms with Crippen molar-refractivity contribution >= 4 is 33.9 Å². The Hall–Kier alpha value is -0.880. The number of Topliss-reactive ketones (excluding diaryl/α,β-unsaturated/α-hetero) is 1. The van der Waals surface area contributed by atoms with Gasteiger partial charge >= 0.3 is 5.00 Å². The summed E-state index contributed by atoms with van der Waals surface area (Å²) in [7, 11) is 0. The molecule has 1 fully saturated rings. The first-order valence-corrected chi connectivity index (χ1v) is 6.95. The molecule has 86 valence electrons. The Morgan fingerprint density at radius 1 is 1.44 bits per heavy atom. The van der Waals surface area contributed by atoms with Crippen LogP contribution in [-0.4, -0.2) is 21.7 Å². The van der Waals surface area contributed by atoms with Crippen molar-refractivity contribution in [2.24, 2.45) is 0 Å². The molecule has 1 unspecified atom stereocenters. The van der Waals surface area contributed by atoms with Crippen LogP contribution in [0.5, 0.6) is 0 Å². The fourth-order valence-electron chi connectivity index (χ4n) is 1.66. The summed E-state index contributed by atoms with van der Waals surface area (Å²) in [4.78, 5) is 22.6. The predicted molar refractivity (Wildman–Crippen MR) is 65.4 cm³/mol. The van der Waals surface area contributed by atoms with E-state index in [1.165, 1.54) is 12.5 Å². The second-order valence-electron chi connectivity index (χ2n) is 3.61. The van der Waals surface area contributed by atoms with Crippen LogP contribution >= 0.6 is 23.1 Å². The molecule has 1 atom stereocenters. The Morgan fingerprint density at radius 2 is 2.25 bits per heavy atom. The fraction of sp³-hybridized carbons (Fsp3) is 0.500. The lowest BCUT2D eigenvalue weighted by atomic mass is 10.1. The maximum atomic E-state index is 12.0. The minimum atomic E-state index is -0.449. The molecule has 1 aliphatic rings. The van der Waals surface area contributed by atoms with Crippen molar-refractivity contribution in [3.8, 4) is 0 Å². The molecule has 0 bridgehead atoms. The van der Waals surface area contributed by atoms with Gasteiger partial charge < -0.3 is 0 Å². The molecule has 2 rings (SSSR count). The summed E-state index contributed by atoms with van der Waals surface area (Å²) in [5.41, 5.74) is 0. The fourth-order valence-corrected chi connectivity index (χ4v) is 3.82. The maximum absolute atomic E-state index is 12.0. The highest BCUT2D eigenvalue weighted by Crippen LogP contribution is 2.31. The van der Waals surface area contributed by atoms with E-state index in [4.69, 9.17) is 0 Å². The zero-order valence-electron chi connectivity index (χ0n) is 8.55. The summed E-state index contributed by atoms with van der Waals surface area (Å²) in [6.07, 6.45) is 3.14. The lowest BCUT2D eigenvalue weighted by Crippen LogP contribution is -2.19. The molecule has 0 amide bonds. The second kappa shape index (κ2) is 4.97. The number of thioether (sulfide) groups is 1. The van der Waals surface area contributed by atoms with Crippen molar-refractivity contribution in [2.75, 3.05) is 5.75 Å². The number of nitrogens with zero attached hydrogens (tertiary/aromatic N) is 1. The highest BCUT2D eigenvalue weighted by Gasteiger charge is 2.25. The van der Waals surface area contributed by atoms with Crippen LogP contribution in [-0.2, 0) is 0 Å². The molecule has 1 aliphatic heterocycles. The third-order valence-corrected chi connectivity index (χ3v) is 4.91. The summed E-state index contributed by atoms with van der Waals surface area (Å²) >= 11 is 2.65. The van der Waals surface area contributed by atoms with E-state index in [1.54, 1.807) is 17.8 Å². The van der Waals surface area contributed by atoms with Crippen molar-refractivity contribution in [3.05, 3.63) is 27.1 Å². The SMILES string of the molecule is O=C(c1ccc([N+](=O)[O-])s1)C1CCCCS1. The molecule has 0 spiro atoms. The van der Waals surface area contributed by atoms with Crippen LogP contribution in [0.1, 0.15) is 28.9 Å². The van der Waals surface area contributed by atoms with Gasteiger partial charge in [-0.1, -0.05) is 17.8 Å². The first-order valence-electron chi connectivity index (χ1n) is 5.08. The first-order chi connectivity index (χ1) is 7.68. The van der Waals surface area contributed by atoms with Crippen LogP contribution in [0, 0.1) is 10.1 Å². The van der Waals surface area contributed by atoms with Crippen molar-refractivity contribution in [3.63, 3.8) is 0 Å². The number of ketones is 1. The summed E-state index contributed by atoms with van der Waals surface area (Å²) in [6.45, 7) is 0. The van der Waals surface area contributed by atoms with Crippen LogP contribution in [0.3, 0.4) is 0 Å². The molecule has 0 saturated carbocycles. The molecule has 1 aromatic rings. The number of hydrogen-bond donors (Lipinski definition) is 0. The quantitative estimate of drug-likeness (QED) is 0.474. The number of thiophene rings is 1. The summed E-state index contributed by atoms with van der Waals surface area (Å²) in [5.74, 6) is 1.08. The molecular formula is C10H11NO3S2. The van der Waals surface area contributed by atoms with Gasteiger partial charge in [-0.05, 0) is 24.7 Å². The molecule has 6 heteroatoms. The Balaban J connectivity index is 2.10. The lowest BCUT2D eigenvalue weighted by molar-refractivity contribution is -0.380. The van der Waals surface area contributed by atoms with Crippen LogP contribution in [0.25, 0.3) is 0 Å². The van der Waals surface area contributed by atoms with E-state index in [0.29, 0.717) is 4.88 Å². The molecular weight excluding hydrogens is 246 g/mol. The van der Waals surface area contributed by atoms with Crippen LogP contribution in [0.15, 0.2) is 12.1 Å². The zero-order valence-corrected chi connectivity index (χ0v) is 10.2. The largest absolute Gasteiger partial charge is 0.324 e. The van der Waals surface area contributed by atoms with Gasteiger partial charge in [-0.3, -0.25) is 14.9 Å². The molecule has 1 aromatic heterocycles. The normalized spacial score (nSPS) is 20.6. The average Bonchev–Trinajstić information content (AvgIpc) is 2.78. The van der Waals surface area contributed by atoms with E-state index in [9.17, 15) is 14.9 Å². The average molecular weight is 257 g/mol. The highest BCUT2D eigenvalue weighted by atomic mass is 32.2. The Labute approximate surface area is 101 Å². The van der Waals surface area contributed by atoms with E-state index in [1.807, 2.05) is 0 Å². The minimum Gasteiger partial charge on any atom is -0.292 e. The molecule has 1 saturated heterocycles. The smallest absolute Gasteiger partial charge is 0.292 e. The van der Waals surface area contributed by atoms with Gasteiger partial charge in [0.25, 0.3) is 0 Å². The Kier molecular flexibility index (Phi) is 3.60. The summed E-state index contributed by atoms with van der Waals surface area (Å²) in [6, 6.07) is 2.98. The number of hydrogen-bond acceptors (Lipinski definition) is 5. The summed E-state index contributed by atoms with van der Waals surface area (Å²) < 4.78 is 0. The molecule has 4 nitrogen and oxygen atoms in total. The van der Waals surface area contributed by atoms with E-state index in [-0.39, 0.29) is 16.0 Å². The topological polar surface area (TPSA) is 60.2 Å². The predicted octanol–water partition coefficient (Wildman–Crippen LogP) is 3.12. The molecule has 0 N–H and O–H groups in total. The van der Waals surface area contributed by atoms with E-state index < -0.39 is 4.92 Å². The number of carbonyl (C=O) groups is 1. The first kappa shape index (κ1) is 11.6. The molecule has 0 aromatic carbocycles. The summed E-state index contributed by atoms with van der Waals surface area (Å²) in [5, 5.41) is 10.6. The van der Waals surface area contributed by atoms with E-state index in [2.05, 4.69) is 0 Å². The van der Waals surface area contributed by atoms with Crippen LogP contribution in [0.2, 0.25) is 0 Å². The third-order valence-electron chi connectivity index (χ3n) is 2.49. The number of carbonyl (C=O) groups excluding carboxylic acids is 1. The lowest BCUT2D eigenvalue weighted by Gasteiger charge is -2.18. The van der Waals surface area contributed by atoms with Gasteiger partial charge in [-0.25, -0.2) is 0 Å². The number of rotatable bonds is 3. The monoisotopic (exact) mass is 257 g/mol. The minimum absolute atomic E-state index is 0.00649. The van der Waals surface area contributed by atoms with Crippen molar-refractivity contribution in [1.82, 2.24) is 0 Å². The van der Waals surface area contributed by atoms with Gasteiger partial charge in [0.15, 0.2) is 5.78 Å². The molecule has 0 radical (unpaired) electrons. The highest BCUT2D eigenvalue weighted by molar-refractivity contribution is 8.00. The van der Waals surface area contributed by atoms with Gasteiger partial charge in [0.2, 0.25) is 0 Å². The van der Waals surface area contributed by atoms with Crippen molar-refractivity contribution in [2.45, 2.75) is 24.5 Å². The Bertz CT molecular complexity index is 410. The third kappa shape index (κ3) is 2.44. The van der Waals surface area contributed by atoms with Gasteiger partial charge in [-0.15, -0.1) is 0 Å². The van der Waals surface area contributed by atoms with Crippen molar-refractivity contribution in [1.29, 1.82) is 0 Å². The van der Waals surface area contributed by atoms with Crippen molar-refractivity contribution < 1.29 is 9.72 Å². The van der Waals surface area contributed by atoms with Gasteiger partial charge in [0, 0.05) is 6.07 Å². The molecule has 2 heterocycles. The van der Waals surface area contributed by atoms with Gasteiger partial charge in [0.05, 0.1) is 15.1 Å². The second-order valence-corrected chi connectivity index (χ2v) is 5.99. The van der Waals surface area contributed by atoms with Gasteiger partial charge in [-0.2, -0.15) is 11.8 Å². The maximum Gasteiger partial charge on any atom is 0.324 e. The zero-order chi connectivity index (χ0) is 11.5. The van der Waals surface area contributed by atoms with Gasteiger partial charge in [0.1, 0.15) is 0 Å². The standard InChI is InChI=1S/C10H11NO3S2/c12-10(7-3-1-2-6-15-7)8-4-5-9(16-8)11(13)14/h4-5,7H,1-3,6H2. The van der Waals surface area contributed by atoms with E-state index in [0.717, 1.165) is 29.9 Å².